The lowest BCUT2D eigenvalue weighted by Crippen LogP contribution is -2.48. The van der Waals surface area contributed by atoms with Crippen LogP contribution in [0.2, 0.25) is 0 Å². The maximum Gasteiger partial charge on any atom is 0.257 e. The Labute approximate surface area is 157 Å². The first-order valence-corrected chi connectivity index (χ1v) is 9.80. The van der Waals surface area contributed by atoms with Gasteiger partial charge in [0.15, 0.2) is 0 Å². The van der Waals surface area contributed by atoms with Gasteiger partial charge in [-0.1, -0.05) is 31.4 Å². The first kappa shape index (κ1) is 17.8. The molecule has 27 heavy (non-hydrogen) atoms. The minimum Gasteiger partial charge on any atom is -0.360 e. The molecule has 2 atom stereocenters. The van der Waals surface area contributed by atoms with Crippen LogP contribution in [0.5, 0.6) is 0 Å². The van der Waals surface area contributed by atoms with Crippen LogP contribution in [0.3, 0.4) is 0 Å². The van der Waals surface area contributed by atoms with Crippen LogP contribution >= 0.6 is 0 Å². The fourth-order valence-electron chi connectivity index (χ4n) is 4.53. The summed E-state index contributed by atoms with van der Waals surface area (Å²) in [6.07, 6.45) is 7.53. The molecule has 6 nitrogen and oxygen atoms in total. The van der Waals surface area contributed by atoms with E-state index in [0.29, 0.717) is 16.8 Å². The van der Waals surface area contributed by atoms with Gasteiger partial charge in [0.05, 0.1) is 6.54 Å². The van der Waals surface area contributed by atoms with E-state index in [2.05, 4.69) is 10.3 Å². The third kappa shape index (κ3) is 3.61. The molecule has 2 N–H and O–H groups in total. The lowest BCUT2D eigenvalue weighted by atomic mass is 9.75. The van der Waals surface area contributed by atoms with Crippen LogP contribution in [0, 0.1) is 11.8 Å². The van der Waals surface area contributed by atoms with E-state index in [4.69, 9.17) is 0 Å². The molecular formula is C21H25N3O3. The summed E-state index contributed by atoms with van der Waals surface area (Å²) in [5.41, 5.74) is 0.398. The van der Waals surface area contributed by atoms with Gasteiger partial charge >= 0.3 is 0 Å². The van der Waals surface area contributed by atoms with Crippen LogP contribution in [-0.4, -0.2) is 41.3 Å². The standard InChI is InChI=1S/C21H25N3O3/c25-19(24-10-9-14-5-1-2-6-15(14)13-24)12-23-21(27)17-11-22-18-8-4-3-7-16(18)20(17)26/h3-4,7-8,11,14-15H,1-2,5-6,9-10,12-13H2,(H,22,26)(H,23,27). The predicted molar refractivity (Wildman–Crippen MR) is 104 cm³/mol. The fraction of sp³-hybridized carbons (Fsp3) is 0.476. The zero-order valence-electron chi connectivity index (χ0n) is 15.4. The van der Waals surface area contributed by atoms with Crippen LogP contribution in [0.1, 0.15) is 42.5 Å². The number of para-hydroxylation sites is 1. The number of hydrogen-bond acceptors (Lipinski definition) is 3. The van der Waals surface area contributed by atoms with Crippen molar-refractivity contribution in [3.05, 3.63) is 46.2 Å². The van der Waals surface area contributed by atoms with Gasteiger partial charge in [-0.3, -0.25) is 14.4 Å². The molecule has 6 heteroatoms. The second-order valence-corrected chi connectivity index (χ2v) is 7.69. The molecule has 1 aromatic heterocycles. The maximum atomic E-state index is 12.5. The van der Waals surface area contributed by atoms with Crippen molar-refractivity contribution < 1.29 is 9.59 Å². The van der Waals surface area contributed by atoms with Gasteiger partial charge in [0.25, 0.3) is 5.91 Å². The summed E-state index contributed by atoms with van der Waals surface area (Å²) < 4.78 is 0. The summed E-state index contributed by atoms with van der Waals surface area (Å²) in [6.45, 7) is 1.50. The smallest absolute Gasteiger partial charge is 0.257 e. The zero-order valence-corrected chi connectivity index (χ0v) is 15.4. The Balaban J connectivity index is 1.38. The lowest BCUT2D eigenvalue weighted by molar-refractivity contribution is -0.133. The van der Waals surface area contributed by atoms with E-state index in [9.17, 15) is 14.4 Å². The number of carbonyl (C=O) groups excluding carboxylic acids is 2. The predicted octanol–water partition coefficient (Wildman–Crippen LogP) is 2.30. The SMILES string of the molecule is O=C(NCC(=O)N1CCC2CCCCC2C1)c1c[nH]c2ccccc2c1=O. The number of benzene rings is 1. The number of pyridine rings is 1. The van der Waals surface area contributed by atoms with E-state index in [1.807, 2.05) is 11.0 Å². The summed E-state index contributed by atoms with van der Waals surface area (Å²) in [5, 5.41) is 3.09. The highest BCUT2D eigenvalue weighted by molar-refractivity contribution is 5.98. The molecule has 4 rings (SSSR count). The molecule has 1 saturated carbocycles. The number of fused-ring (bicyclic) bond motifs is 2. The van der Waals surface area contributed by atoms with Crippen molar-refractivity contribution in [2.45, 2.75) is 32.1 Å². The number of rotatable bonds is 3. The van der Waals surface area contributed by atoms with Gasteiger partial charge in [-0.15, -0.1) is 0 Å². The zero-order chi connectivity index (χ0) is 18.8. The van der Waals surface area contributed by atoms with Gasteiger partial charge in [-0.25, -0.2) is 0 Å². The first-order valence-electron chi connectivity index (χ1n) is 9.80. The first-order chi connectivity index (χ1) is 13.1. The van der Waals surface area contributed by atoms with Crippen molar-refractivity contribution >= 4 is 22.7 Å². The van der Waals surface area contributed by atoms with Crippen molar-refractivity contribution in [2.24, 2.45) is 11.8 Å². The Kier molecular flexibility index (Phi) is 4.97. The normalized spacial score (nSPS) is 22.3. The number of hydrogen-bond donors (Lipinski definition) is 2. The molecule has 0 spiro atoms. The summed E-state index contributed by atoms with van der Waals surface area (Å²) in [4.78, 5) is 42.3. The van der Waals surface area contributed by atoms with E-state index in [1.165, 1.54) is 31.9 Å². The average Bonchev–Trinajstić information content (AvgIpc) is 2.72. The van der Waals surface area contributed by atoms with Gasteiger partial charge < -0.3 is 15.2 Å². The molecule has 0 bridgehead atoms. The number of aromatic amines is 1. The number of carbonyl (C=O) groups is 2. The van der Waals surface area contributed by atoms with Gasteiger partial charge in [-0.05, 0) is 36.8 Å². The summed E-state index contributed by atoms with van der Waals surface area (Å²) in [7, 11) is 0. The van der Waals surface area contributed by atoms with Crippen molar-refractivity contribution in [3.8, 4) is 0 Å². The molecule has 1 saturated heterocycles. The van der Waals surface area contributed by atoms with Gasteiger partial charge in [0.1, 0.15) is 5.56 Å². The number of likely N-dealkylation sites (tertiary alicyclic amines) is 1. The highest BCUT2D eigenvalue weighted by Gasteiger charge is 2.32. The van der Waals surface area contributed by atoms with Crippen LogP contribution in [0.15, 0.2) is 35.3 Å². The van der Waals surface area contributed by atoms with Crippen molar-refractivity contribution in [1.29, 1.82) is 0 Å². The fourth-order valence-corrected chi connectivity index (χ4v) is 4.53. The summed E-state index contributed by atoms with van der Waals surface area (Å²) >= 11 is 0. The van der Waals surface area contributed by atoms with Crippen LogP contribution in [0.4, 0.5) is 0 Å². The minimum absolute atomic E-state index is 0.0347. The highest BCUT2D eigenvalue weighted by Crippen LogP contribution is 2.35. The second-order valence-electron chi connectivity index (χ2n) is 7.69. The van der Waals surface area contributed by atoms with Crippen molar-refractivity contribution in [1.82, 2.24) is 15.2 Å². The van der Waals surface area contributed by atoms with Crippen LogP contribution in [0.25, 0.3) is 10.9 Å². The number of nitrogens with zero attached hydrogens (tertiary/aromatic N) is 1. The largest absolute Gasteiger partial charge is 0.360 e. The molecule has 2 fully saturated rings. The molecule has 2 aromatic rings. The summed E-state index contributed by atoms with van der Waals surface area (Å²) in [6, 6.07) is 7.06. The Morgan fingerprint density at radius 3 is 2.74 bits per heavy atom. The molecule has 142 valence electrons. The van der Waals surface area contributed by atoms with E-state index in [-0.39, 0.29) is 23.4 Å². The highest BCUT2D eigenvalue weighted by atomic mass is 16.2. The maximum absolute atomic E-state index is 12.5. The van der Waals surface area contributed by atoms with E-state index in [1.54, 1.807) is 18.2 Å². The van der Waals surface area contributed by atoms with Gasteiger partial charge in [0, 0.05) is 30.2 Å². The minimum atomic E-state index is -0.511. The quantitative estimate of drug-likeness (QED) is 0.873. The topological polar surface area (TPSA) is 82.3 Å². The number of amides is 2. The number of nitrogens with one attached hydrogen (secondary N) is 2. The van der Waals surface area contributed by atoms with Crippen LogP contribution in [-0.2, 0) is 4.79 Å². The van der Waals surface area contributed by atoms with E-state index in [0.717, 1.165) is 25.4 Å². The lowest BCUT2D eigenvalue weighted by Gasteiger charge is -2.41. The van der Waals surface area contributed by atoms with E-state index < -0.39 is 5.91 Å². The molecular weight excluding hydrogens is 342 g/mol. The molecule has 1 aliphatic heterocycles. The Hall–Kier alpha value is -2.63. The number of piperidine rings is 1. The van der Waals surface area contributed by atoms with Crippen LogP contribution < -0.4 is 10.7 Å². The monoisotopic (exact) mass is 367 g/mol. The average molecular weight is 367 g/mol. The summed E-state index contributed by atoms with van der Waals surface area (Å²) in [5.74, 6) is 0.788. The Bertz CT molecular complexity index is 920. The van der Waals surface area contributed by atoms with Gasteiger partial charge in [0.2, 0.25) is 11.3 Å². The van der Waals surface area contributed by atoms with E-state index >= 15 is 0 Å². The molecule has 2 heterocycles. The third-order valence-corrected chi connectivity index (χ3v) is 6.08. The van der Waals surface area contributed by atoms with Crippen molar-refractivity contribution in [2.75, 3.05) is 19.6 Å². The third-order valence-electron chi connectivity index (χ3n) is 6.08. The molecule has 1 aliphatic carbocycles. The second kappa shape index (κ2) is 7.55. The molecule has 1 aromatic carbocycles. The molecule has 2 unspecified atom stereocenters. The Morgan fingerprint density at radius 2 is 1.89 bits per heavy atom. The molecule has 2 aliphatic rings. The van der Waals surface area contributed by atoms with Gasteiger partial charge in [-0.2, -0.15) is 0 Å². The molecule has 0 radical (unpaired) electrons. The van der Waals surface area contributed by atoms with Crippen molar-refractivity contribution in [3.63, 3.8) is 0 Å². The number of aromatic nitrogens is 1. The Morgan fingerprint density at radius 1 is 1.11 bits per heavy atom. The number of H-pyrrole nitrogens is 1. The molecule has 2 amide bonds.